The number of aromatic carboxylic acids is 1. The molecule has 0 radical (unpaired) electrons. The Morgan fingerprint density at radius 3 is 3.00 bits per heavy atom. The Morgan fingerprint density at radius 1 is 1.64 bits per heavy atom. The summed E-state index contributed by atoms with van der Waals surface area (Å²) in [5.74, 6) is -1.24. The number of hydrogen-bond donors (Lipinski definition) is 2. The number of fused-ring (bicyclic) bond motifs is 1. The van der Waals surface area contributed by atoms with Crippen molar-refractivity contribution in [1.82, 2.24) is 14.8 Å². The second kappa shape index (κ2) is 2.69. The van der Waals surface area contributed by atoms with E-state index in [2.05, 4.69) is 10.1 Å². The van der Waals surface area contributed by atoms with E-state index in [0.717, 1.165) is 0 Å². The molecule has 2 heterocycles. The first kappa shape index (κ1) is 8.49. The predicted molar refractivity (Wildman–Crippen MR) is 48.3 cm³/mol. The Morgan fingerprint density at radius 2 is 2.36 bits per heavy atom. The number of carboxylic acid groups (broad SMARTS) is 1. The SMILES string of the molecule is Cn1ncc2[nH]cc(C(=O)O)c(=O)c21. The van der Waals surface area contributed by atoms with Crippen LogP contribution >= 0.6 is 0 Å². The number of hydrogen-bond acceptors (Lipinski definition) is 3. The van der Waals surface area contributed by atoms with Crippen LogP contribution in [0.5, 0.6) is 0 Å². The van der Waals surface area contributed by atoms with Crippen molar-refractivity contribution in [2.45, 2.75) is 0 Å². The van der Waals surface area contributed by atoms with Gasteiger partial charge < -0.3 is 10.1 Å². The van der Waals surface area contributed by atoms with E-state index in [1.807, 2.05) is 0 Å². The van der Waals surface area contributed by atoms with Crippen molar-refractivity contribution in [3.8, 4) is 0 Å². The molecule has 0 unspecified atom stereocenters. The van der Waals surface area contributed by atoms with Crippen molar-refractivity contribution in [3.05, 3.63) is 28.2 Å². The molecule has 0 atom stereocenters. The molecule has 0 aliphatic heterocycles. The van der Waals surface area contributed by atoms with Crippen LogP contribution in [-0.2, 0) is 7.05 Å². The fourth-order valence-corrected chi connectivity index (χ4v) is 1.31. The van der Waals surface area contributed by atoms with Gasteiger partial charge in [-0.2, -0.15) is 5.10 Å². The molecule has 6 heteroatoms. The van der Waals surface area contributed by atoms with Crippen LogP contribution in [-0.4, -0.2) is 25.8 Å². The molecule has 2 aromatic heterocycles. The summed E-state index contributed by atoms with van der Waals surface area (Å²) in [7, 11) is 1.59. The van der Waals surface area contributed by atoms with Gasteiger partial charge in [0, 0.05) is 13.2 Å². The zero-order valence-electron chi connectivity index (χ0n) is 7.31. The highest BCUT2D eigenvalue weighted by atomic mass is 16.4. The van der Waals surface area contributed by atoms with Crippen molar-refractivity contribution in [2.75, 3.05) is 0 Å². The zero-order valence-corrected chi connectivity index (χ0v) is 7.31. The van der Waals surface area contributed by atoms with Crippen LogP contribution in [0.1, 0.15) is 10.4 Å². The van der Waals surface area contributed by atoms with Gasteiger partial charge in [-0.25, -0.2) is 4.79 Å². The Bertz CT molecular complexity index is 567. The number of carboxylic acids is 1. The van der Waals surface area contributed by atoms with Gasteiger partial charge >= 0.3 is 5.97 Å². The van der Waals surface area contributed by atoms with Gasteiger partial charge in [0.2, 0.25) is 5.43 Å². The van der Waals surface area contributed by atoms with Gasteiger partial charge in [0.05, 0.1) is 11.7 Å². The Labute approximate surface area is 77.8 Å². The third-order valence-electron chi connectivity index (χ3n) is 2.00. The van der Waals surface area contributed by atoms with Gasteiger partial charge in [0.15, 0.2) is 0 Å². The van der Waals surface area contributed by atoms with Gasteiger partial charge in [-0.05, 0) is 0 Å². The average Bonchev–Trinajstić information content (AvgIpc) is 2.48. The summed E-state index contributed by atoms with van der Waals surface area (Å²) in [5, 5.41) is 12.6. The molecule has 2 rings (SSSR count). The van der Waals surface area contributed by atoms with Crippen molar-refractivity contribution in [3.63, 3.8) is 0 Å². The Balaban J connectivity index is 2.93. The zero-order chi connectivity index (χ0) is 10.3. The van der Waals surface area contributed by atoms with Crippen molar-refractivity contribution in [2.24, 2.45) is 7.05 Å². The first-order valence-electron chi connectivity index (χ1n) is 3.88. The number of pyridine rings is 1. The highest BCUT2D eigenvalue weighted by Gasteiger charge is 2.13. The summed E-state index contributed by atoms with van der Waals surface area (Å²) < 4.78 is 1.35. The number of aromatic amines is 1. The quantitative estimate of drug-likeness (QED) is 0.665. The average molecular weight is 193 g/mol. The van der Waals surface area contributed by atoms with Crippen LogP contribution < -0.4 is 5.43 Å². The molecule has 14 heavy (non-hydrogen) atoms. The van der Waals surface area contributed by atoms with Gasteiger partial charge in [-0.3, -0.25) is 9.48 Å². The predicted octanol–water partition coefficient (Wildman–Crippen LogP) is -0.0402. The van der Waals surface area contributed by atoms with Crippen LogP contribution in [0.25, 0.3) is 11.0 Å². The summed E-state index contributed by atoms with van der Waals surface area (Å²) in [6, 6.07) is 0. The number of rotatable bonds is 1. The summed E-state index contributed by atoms with van der Waals surface area (Å²) in [6.45, 7) is 0. The largest absolute Gasteiger partial charge is 0.477 e. The summed E-state index contributed by atoms with van der Waals surface area (Å²) in [4.78, 5) is 24.9. The second-order valence-corrected chi connectivity index (χ2v) is 2.87. The minimum atomic E-state index is -1.24. The Kier molecular flexibility index (Phi) is 1.63. The van der Waals surface area contributed by atoms with Crippen LogP contribution in [0, 0.1) is 0 Å². The molecule has 0 fully saturated rings. The first-order chi connectivity index (χ1) is 6.61. The smallest absolute Gasteiger partial charge is 0.341 e. The van der Waals surface area contributed by atoms with Crippen LogP contribution in [0.3, 0.4) is 0 Å². The third kappa shape index (κ3) is 1.00. The number of nitrogens with zero attached hydrogens (tertiary/aromatic N) is 2. The molecule has 0 aliphatic rings. The van der Waals surface area contributed by atoms with Gasteiger partial charge in [0.1, 0.15) is 11.1 Å². The molecule has 0 amide bonds. The lowest BCUT2D eigenvalue weighted by atomic mass is 10.2. The molecular formula is C8H7N3O3. The van der Waals surface area contributed by atoms with E-state index >= 15 is 0 Å². The standard InChI is InChI=1S/C8H7N3O3/c1-11-6-5(3-10-11)9-2-4(7(6)12)8(13)14/h2-3H,1H3,(H,9,12)(H,13,14). The molecule has 2 N–H and O–H groups in total. The molecule has 0 aliphatic carbocycles. The third-order valence-corrected chi connectivity index (χ3v) is 2.00. The minimum Gasteiger partial charge on any atom is -0.477 e. The monoisotopic (exact) mass is 193 g/mol. The van der Waals surface area contributed by atoms with E-state index in [0.29, 0.717) is 5.52 Å². The summed E-state index contributed by atoms with van der Waals surface area (Å²) in [5.41, 5.74) is -0.000231. The van der Waals surface area contributed by atoms with Crippen molar-refractivity contribution < 1.29 is 9.90 Å². The molecule has 72 valence electrons. The lowest BCUT2D eigenvalue weighted by Gasteiger charge is -1.95. The summed E-state index contributed by atoms with van der Waals surface area (Å²) in [6.07, 6.45) is 2.65. The fourth-order valence-electron chi connectivity index (χ4n) is 1.31. The van der Waals surface area contributed by atoms with E-state index in [4.69, 9.17) is 5.11 Å². The van der Waals surface area contributed by atoms with Crippen LogP contribution in [0.4, 0.5) is 0 Å². The van der Waals surface area contributed by atoms with E-state index in [-0.39, 0.29) is 11.1 Å². The highest BCUT2D eigenvalue weighted by Crippen LogP contribution is 2.05. The molecule has 0 bridgehead atoms. The number of carbonyl (C=O) groups is 1. The van der Waals surface area contributed by atoms with Crippen molar-refractivity contribution >= 4 is 17.0 Å². The molecule has 6 nitrogen and oxygen atoms in total. The van der Waals surface area contributed by atoms with Gasteiger partial charge in [-0.15, -0.1) is 0 Å². The number of aromatic nitrogens is 3. The molecule has 2 aromatic rings. The Hall–Kier alpha value is -2.11. The fraction of sp³-hybridized carbons (Fsp3) is 0.125. The molecular weight excluding hydrogens is 186 g/mol. The number of nitrogens with one attached hydrogen (secondary N) is 1. The normalized spacial score (nSPS) is 10.6. The number of aryl methyl sites for hydroxylation is 1. The maximum Gasteiger partial charge on any atom is 0.341 e. The van der Waals surface area contributed by atoms with Crippen LogP contribution in [0.2, 0.25) is 0 Å². The van der Waals surface area contributed by atoms with Gasteiger partial charge in [-0.1, -0.05) is 0 Å². The molecule has 0 saturated carbocycles. The van der Waals surface area contributed by atoms with E-state index < -0.39 is 11.4 Å². The second-order valence-electron chi connectivity index (χ2n) is 2.87. The summed E-state index contributed by atoms with van der Waals surface area (Å²) >= 11 is 0. The number of H-pyrrole nitrogens is 1. The maximum atomic E-state index is 11.6. The van der Waals surface area contributed by atoms with Crippen LogP contribution in [0.15, 0.2) is 17.2 Å². The highest BCUT2D eigenvalue weighted by molar-refractivity contribution is 5.91. The lowest BCUT2D eigenvalue weighted by molar-refractivity contribution is 0.0695. The van der Waals surface area contributed by atoms with E-state index in [1.165, 1.54) is 17.1 Å². The topological polar surface area (TPSA) is 88.0 Å². The molecule has 0 aromatic carbocycles. The van der Waals surface area contributed by atoms with E-state index in [9.17, 15) is 9.59 Å². The first-order valence-corrected chi connectivity index (χ1v) is 3.88. The lowest BCUT2D eigenvalue weighted by Crippen LogP contribution is -2.17. The minimum absolute atomic E-state index is 0.268. The van der Waals surface area contributed by atoms with E-state index in [1.54, 1.807) is 7.05 Å². The van der Waals surface area contributed by atoms with Gasteiger partial charge in [0.25, 0.3) is 0 Å². The molecule has 0 spiro atoms. The van der Waals surface area contributed by atoms with Crippen molar-refractivity contribution in [1.29, 1.82) is 0 Å². The molecule has 0 saturated heterocycles. The maximum absolute atomic E-state index is 11.6.